The lowest BCUT2D eigenvalue weighted by molar-refractivity contribution is 0.672. The summed E-state index contributed by atoms with van der Waals surface area (Å²) in [6.45, 7) is 5.33. The highest BCUT2D eigenvalue weighted by molar-refractivity contribution is 7.09. The summed E-state index contributed by atoms with van der Waals surface area (Å²) in [5.74, 6) is 3.50. The molecule has 0 bridgehead atoms. The van der Waals surface area contributed by atoms with E-state index in [-0.39, 0.29) is 0 Å². The molecule has 21 heavy (non-hydrogen) atoms. The quantitative estimate of drug-likeness (QED) is 0.879. The molecule has 4 nitrogen and oxygen atoms in total. The van der Waals surface area contributed by atoms with Crippen molar-refractivity contribution in [3.8, 4) is 0 Å². The number of nitrogens with one attached hydrogen (secondary N) is 1. The third-order valence-electron chi connectivity index (χ3n) is 3.75. The van der Waals surface area contributed by atoms with Crippen LogP contribution in [0.3, 0.4) is 0 Å². The highest BCUT2D eigenvalue weighted by atomic mass is 32.1. The first-order valence-electron chi connectivity index (χ1n) is 7.53. The van der Waals surface area contributed by atoms with Gasteiger partial charge in [-0.25, -0.2) is 9.97 Å². The van der Waals surface area contributed by atoms with E-state index in [0.717, 1.165) is 24.0 Å². The van der Waals surface area contributed by atoms with E-state index in [4.69, 9.17) is 4.98 Å². The predicted molar refractivity (Wildman–Crippen MR) is 89.2 cm³/mol. The Kier molecular flexibility index (Phi) is 4.10. The smallest absolute Gasteiger partial charge is 0.136 e. The summed E-state index contributed by atoms with van der Waals surface area (Å²) in [5.41, 5.74) is 0. The molecule has 5 heteroatoms. The fraction of sp³-hybridized carbons (Fsp3) is 0.500. The first kappa shape index (κ1) is 14.3. The second kappa shape index (κ2) is 6.02. The molecular formula is C16H22N4S. The molecule has 2 aromatic rings. The van der Waals surface area contributed by atoms with E-state index >= 15 is 0 Å². The van der Waals surface area contributed by atoms with E-state index in [2.05, 4.69) is 52.6 Å². The highest BCUT2D eigenvalue weighted by Crippen LogP contribution is 2.39. The summed E-state index contributed by atoms with van der Waals surface area (Å²) in [7, 11) is 1.92. The van der Waals surface area contributed by atoms with Crippen LogP contribution in [0.5, 0.6) is 0 Å². The van der Waals surface area contributed by atoms with Crippen LogP contribution < -0.4 is 10.2 Å². The van der Waals surface area contributed by atoms with Gasteiger partial charge in [0.25, 0.3) is 0 Å². The minimum absolute atomic E-state index is 0.402. The Labute approximate surface area is 130 Å². The normalized spacial score (nSPS) is 14.5. The maximum atomic E-state index is 4.82. The molecule has 2 aromatic heterocycles. The summed E-state index contributed by atoms with van der Waals surface area (Å²) in [4.78, 5) is 13.1. The molecule has 112 valence electrons. The molecule has 0 atom stereocenters. The van der Waals surface area contributed by atoms with Gasteiger partial charge in [-0.3, -0.25) is 0 Å². The number of anilines is 2. The van der Waals surface area contributed by atoms with Crippen molar-refractivity contribution in [2.45, 2.75) is 45.2 Å². The lowest BCUT2D eigenvalue weighted by Gasteiger charge is -2.28. The molecule has 0 spiro atoms. The standard InChI is InChI=1S/C16H22N4S/c1-11(2)20(10-13-5-4-8-21-13)15-9-14(17-3)18-16(19-15)12-6-7-12/h4-5,8-9,11-12H,6-7,10H2,1-3H3,(H,17,18,19). The van der Waals surface area contributed by atoms with Gasteiger partial charge in [0.1, 0.15) is 17.5 Å². The lowest BCUT2D eigenvalue weighted by Crippen LogP contribution is -2.31. The van der Waals surface area contributed by atoms with Crippen molar-refractivity contribution in [2.24, 2.45) is 0 Å². The van der Waals surface area contributed by atoms with E-state index in [1.165, 1.54) is 17.7 Å². The van der Waals surface area contributed by atoms with E-state index in [1.54, 1.807) is 11.3 Å². The van der Waals surface area contributed by atoms with Crippen molar-refractivity contribution in [2.75, 3.05) is 17.3 Å². The fourth-order valence-electron chi connectivity index (χ4n) is 2.35. The molecule has 0 amide bonds. The number of rotatable bonds is 6. The molecule has 1 aliphatic carbocycles. The summed E-state index contributed by atoms with van der Waals surface area (Å²) in [6, 6.07) is 6.74. The largest absolute Gasteiger partial charge is 0.373 e. The van der Waals surface area contributed by atoms with Gasteiger partial charge < -0.3 is 10.2 Å². The fourth-order valence-corrected chi connectivity index (χ4v) is 3.05. The second-order valence-corrected chi connectivity index (χ2v) is 6.83. The van der Waals surface area contributed by atoms with Crippen molar-refractivity contribution in [1.82, 2.24) is 9.97 Å². The molecule has 1 fully saturated rings. The Hall–Kier alpha value is -1.62. The molecule has 0 saturated heterocycles. The van der Waals surface area contributed by atoms with Crippen LogP contribution in [-0.2, 0) is 6.54 Å². The van der Waals surface area contributed by atoms with Crippen LogP contribution in [0.25, 0.3) is 0 Å². The van der Waals surface area contributed by atoms with Gasteiger partial charge in [-0.2, -0.15) is 0 Å². The van der Waals surface area contributed by atoms with E-state index < -0.39 is 0 Å². The van der Waals surface area contributed by atoms with Gasteiger partial charge in [-0.05, 0) is 38.1 Å². The molecule has 2 heterocycles. The van der Waals surface area contributed by atoms with E-state index in [0.29, 0.717) is 12.0 Å². The molecule has 0 radical (unpaired) electrons. The summed E-state index contributed by atoms with van der Waals surface area (Å²) in [5, 5.41) is 5.30. The minimum atomic E-state index is 0.402. The van der Waals surface area contributed by atoms with Crippen LogP contribution >= 0.6 is 11.3 Å². The van der Waals surface area contributed by atoms with Gasteiger partial charge >= 0.3 is 0 Å². The highest BCUT2D eigenvalue weighted by Gasteiger charge is 2.28. The van der Waals surface area contributed by atoms with Crippen LogP contribution in [0.1, 0.15) is 43.3 Å². The molecule has 0 aromatic carbocycles. The number of aromatic nitrogens is 2. The van der Waals surface area contributed by atoms with Gasteiger partial charge in [0.05, 0.1) is 6.54 Å². The maximum absolute atomic E-state index is 4.82. The number of hydrogen-bond donors (Lipinski definition) is 1. The van der Waals surface area contributed by atoms with Crippen LogP contribution in [0.2, 0.25) is 0 Å². The molecule has 3 rings (SSSR count). The van der Waals surface area contributed by atoms with E-state index in [9.17, 15) is 0 Å². The Balaban J connectivity index is 1.92. The zero-order valence-electron chi connectivity index (χ0n) is 12.8. The van der Waals surface area contributed by atoms with Crippen molar-refractivity contribution in [3.05, 3.63) is 34.3 Å². The first-order valence-corrected chi connectivity index (χ1v) is 8.41. The number of thiophene rings is 1. The predicted octanol–water partition coefficient (Wildman–Crippen LogP) is 3.87. The number of hydrogen-bond acceptors (Lipinski definition) is 5. The van der Waals surface area contributed by atoms with Crippen molar-refractivity contribution < 1.29 is 0 Å². The van der Waals surface area contributed by atoms with Crippen LogP contribution in [0.15, 0.2) is 23.6 Å². The van der Waals surface area contributed by atoms with E-state index in [1.807, 2.05) is 7.05 Å². The third-order valence-corrected chi connectivity index (χ3v) is 4.61. The van der Waals surface area contributed by atoms with Crippen molar-refractivity contribution in [1.29, 1.82) is 0 Å². The molecule has 1 saturated carbocycles. The molecular weight excluding hydrogens is 280 g/mol. The summed E-state index contributed by atoms with van der Waals surface area (Å²) < 4.78 is 0. The van der Waals surface area contributed by atoms with Crippen LogP contribution in [-0.4, -0.2) is 23.1 Å². The summed E-state index contributed by atoms with van der Waals surface area (Å²) in [6.07, 6.45) is 2.44. The molecule has 1 N–H and O–H groups in total. The summed E-state index contributed by atoms with van der Waals surface area (Å²) >= 11 is 1.80. The molecule has 0 unspecified atom stereocenters. The number of nitrogens with zero attached hydrogens (tertiary/aromatic N) is 3. The monoisotopic (exact) mass is 302 g/mol. The average Bonchev–Trinajstić information content (AvgIpc) is 3.21. The first-order chi connectivity index (χ1) is 10.2. The van der Waals surface area contributed by atoms with Crippen LogP contribution in [0.4, 0.5) is 11.6 Å². The van der Waals surface area contributed by atoms with Gasteiger partial charge in [0.15, 0.2) is 0 Å². The Morgan fingerprint density at radius 1 is 1.38 bits per heavy atom. The van der Waals surface area contributed by atoms with Crippen molar-refractivity contribution in [3.63, 3.8) is 0 Å². The lowest BCUT2D eigenvalue weighted by atomic mass is 10.2. The van der Waals surface area contributed by atoms with Crippen LogP contribution in [0, 0.1) is 0 Å². The Morgan fingerprint density at radius 2 is 2.19 bits per heavy atom. The zero-order valence-corrected chi connectivity index (χ0v) is 13.7. The average molecular weight is 302 g/mol. The Bertz CT molecular complexity index is 590. The van der Waals surface area contributed by atoms with Gasteiger partial charge in [-0.1, -0.05) is 6.07 Å². The maximum Gasteiger partial charge on any atom is 0.136 e. The third kappa shape index (κ3) is 3.35. The van der Waals surface area contributed by atoms with Crippen molar-refractivity contribution >= 4 is 23.0 Å². The SMILES string of the molecule is CNc1cc(N(Cc2cccs2)C(C)C)nc(C2CC2)n1. The zero-order chi connectivity index (χ0) is 14.8. The van der Waals surface area contributed by atoms with Gasteiger partial charge in [0.2, 0.25) is 0 Å². The minimum Gasteiger partial charge on any atom is -0.373 e. The Morgan fingerprint density at radius 3 is 2.76 bits per heavy atom. The van der Waals surface area contributed by atoms with Gasteiger partial charge in [0, 0.05) is 30.0 Å². The molecule has 1 aliphatic rings. The van der Waals surface area contributed by atoms with Gasteiger partial charge in [-0.15, -0.1) is 11.3 Å². The topological polar surface area (TPSA) is 41.0 Å². The second-order valence-electron chi connectivity index (χ2n) is 5.79. The molecule has 0 aliphatic heterocycles.